The van der Waals surface area contributed by atoms with E-state index in [1.807, 2.05) is 0 Å². The van der Waals surface area contributed by atoms with E-state index in [1.54, 1.807) is 6.92 Å². The van der Waals surface area contributed by atoms with E-state index in [2.05, 4.69) is 0 Å². The van der Waals surface area contributed by atoms with Crippen LogP contribution in [0.2, 0.25) is 0 Å². The molecule has 0 bridgehead atoms. The molecule has 1 unspecified atom stereocenters. The number of hydrogen-bond donors (Lipinski definition) is 7. The lowest BCUT2D eigenvalue weighted by Gasteiger charge is -2.26. The number of rotatable bonds is 7. The Balaban J connectivity index is 5.35. The molecular formula is C8H18N2O7P2. The molecule has 0 aromatic heterocycles. The normalized spacial score (nSPS) is 15.7. The lowest BCUT2D eigenvalue weighted by Crippen LogP contribution is -2.30. The Morgan fingerprint density at radius 1 is 1.32 bits per heavy atom. The molecule has 112 valence electrons. The van der Waals surface area contributed by atoms with Gasteiger partial charge in [0.15, 0.2) is 0 Å². The van der Waals surface area contributed by atoms with E-state index >= 15 is 0 Å². The minimum atomic E-state index is -5.54. The molecule has 0 aliphatic rings. The summed E-state index contributed by atoms with van der Waals surface area (Å²) in [5.41, 5.74) is 5.23. The van der Waals surface area contributed by atoms with E-state index in [0.29, 0.717) is 18.9 Å². The summed E-state index contributed by atoms with van der Waals surface area (Å²) in [6.07, 6.45) is 1.98. The highest BCUT2D eigenvalue weighted by molar-refractivity contribution is 7.72. The summed E-state index contributed by atoms with van der Waals surface area (Å²) in [7, 11) is -11.1. The Kier molecular flexibility index (Phi) is 6.26. The van der Waals surface area contributed by atoms with Crippen LogP contribution < -0.4 is 5.73 Å². The molecule has 8 N–H and O–H groups in total. The van der Waals surface area contributed by atoms with Gasteiger partial charge in [0.25, 0.3) is 5.08 Å². The fourth-order valence-corrected chi connectivity index (χ4v) is 3.05. The van der Waals surface area contributed by atoms with Crippen LogP contribution in [0.15, 0.2) is 12.2 Å². The van der Waals surface area contributed by atoms with Crippen LogP contribution in [0.3, 0.4) is 0 Å². The molecule has 0 saturated carbocycles. The van der Waals surface area contributed by atoms with Crippen molar-refractivity contribution < 1.29 is 33.8 Å². The molecule has 0 saturated heterocycles. The quantitative estimate of drug-likeness (QED) is 0.246. The van der Waals surface area contributed by atoms with Crippen molar-refractivity contribution in [2.45, 2.75) is 30.9 Å². The molecule has 0 amide bonds. The first kappa shape index (κ1) is 18.6. The van der Waals surface area contributed by atoms with Gasteiger partial charge >= 0.3 is 15.2 Å². The molecule has 1 atom stereocenters. The van der Waals surface area contributed by atoms with Gasteiger partial charge in [-0.3, -0.25) is 9.13 Å². The van der Waals surface area contributed by atoms with Gasteiger partial charge in [0.05, 0.1) is 0 Å². The molecule has 0 spiro atoms. The van der Waals surface area contributed by atoms with E-state index in [9.17, 15) is 14.2 Å². The van der Waals surface area contributed by atoms with Crippen LogP contribution in [0, 0.1) is 5.41 Å². The summed E-state index contributed by atoms with van der Waals surface area (Å²) >= 11 is 0. The lowest BCUT2D eigenvalue weighted by molar-refractivity contribution is 0.168. The molecule has 0 rings (SSSR count). The second kappa shape index (κ2) is 6.39. The Labute approximate surface area is 110 Å². The Bertz CT molecular complexity index is 430. The summed E-state index contributed by atoms with van der Waals surface area (Å²) in [6.45, 7) is 1.80. The second-order valence-electron chi connectivity index (χ2n) is 3.96. The molecule has 0 aliphatic heterocycles. The molecule has 0 heterocycles. The largest absolute Gasteiger partial charge is 0.373 e. The monoisotopic (exact) mass is 316 g/mol. The van der Waals surface area contributed by atoms with Crippen molar-refractivity contribution in [3.8, 4) is 0 Å². The Morgan fingerprint density at radius 3 is 2.05 bits per heavy atom. The first-order valence-electron chi connectivity index (χ1n) is 5.23. The van der Waals surface area contributed by atoms with E-state index in [1.165, 1.54) is 0 Å². The van der Waals surface area contributed by atoms with Gasteiger partial charge in [-0.1, -0.05) is 13.3 Å². The Hall–Kier alpha value is -0.370. The van der Waals surface area contributed by atoms with Gasteiger partial charge in [-0.15, -0.1) is 0 Å². The van der Waals surface area contributed by atoms with E-state index < -0.39 is 26.3 Å². The van der Waals surface area contributed by atoms with E-state index in [0.717, 1.165) is 0 Å². The van der Waals surface area contributed by atoms with Crippen LogP contribution >= 0.6 is 15.2 Å². The van der Waals surface area contributed by atoms with E-state index in [-0.39, 0.29) is 11.8 Å². The van der Waals surface area contributed by atoms with Crippen LogP contribution in [-0.4, -0.2) is 41.5 Å². The molecule has 9 nitrogen and oxygen atoms in total. The topological polar surface area (TPSA) is 185 Å². The van der Waals surface area contributed by atoms with Crippen molar-refractivity contribution in [3.05, 3.63) is 12.2 Å². The van der Waals surface area contributed by atoms with Crippen LogP contribution in [-0.2, 0) is 9.13 Å². The minimum Gasteiger partial charge on any atom is -0.364 e. The standard InChI is InChI=1S/C8H18N2O7P2/c1-2-3-6(9)7(10)4-5-8(11,18(12,13)14)19(15,16)17/h4-6,10-11H,2-3,9H2,1H3,(H2,12,13,14)(H2,15,16,17). The van der Waals surface area contributed by atoms with Gasteiger partial charge in [-0.25, -0.2) is 0 Å². The molecule has 0 aromatic rings. The highest BCUT2D eigenvalue weighted by atomic mass is 31.2. The summed E-state index contributed by atoms with van der Waals surface area (Å²) in [5.74, 6) is 0. The summed E-state index contributed by atoms with van der Waals surface area (Å²) in [6, 6.07) is -0.751. The lowest BCUT2D eigenvalue weighted by atomic mass is 10.1. The molecule has 0 radical (unpaired) electrons. The maximum absolute atomic E-state index is 11.0. The molecule has 11 heteroatoms. The van der Waals surface area contributed by atoms with Crippen molar-refractivity contribution in [1.29, 1.82) is 5.41 Å². The number of hydrogen-bond acceptors (Lipinski definition) is 5. The number of nitrogens with one attached hydrogen (secondary N) is 1. The van der Waals surface area contributed by atoms with Crippen LogP contribution in [0.25, 0.3) is 0 Å². The summed E-state index contributed by atoms with van der Waals surface area (Å²) in [5, 5.41) is 13.3. The maximum atomic E-state index is 11.0. The highest BCUT2D eigenvalue weighted by Crippen LogP contribution is 2.68. The highest BCUT2D eigenvalue weighted by Gasteiger charge is 2.57. The molecule has 0 aliphatic carbocycles. The predicted molar refractivity (Wildman–Crippen MR) is 68.8 cm³/mol. The zero-order chi connectivity index (χ0) is 15.5. The van der Waals surface area contributed by atoms with Gasteiger partial charge in [-0.05, 0) is 18.6 Å². The third-order valence-electron chi connectivity index (χ3n) is 2.34. The van der Waals surface area contributed by atoms with Gasteiger partial charge in [0.1, 0.15) is 0 Å². The zero-order valence-electron chi connectivity index (χ0n) is 10.2. The average Bonchev–Trinajstić information content (AvgIpc) is 2.22. The van der Waals surface area contributed by atoms with Gasteiger partial charge in [0.2, 0.25) is 0 Å². The number of nitrogens with two attached hydrogens (primary N) is 1. The summed E-state index contributed by atoms with van der Waals surface area (Å²) < 4.78 is 22.0. The molecule has 0 fully saturated rings. The van der Waals surface area contributed by atoms with Crippen molar-refractivity contribution >= 4 is 20.9 Å². The Morgan fingerprint density at radius 2 is 1.74 bits per heavy atom. The second-order valence-corrected chi connectivity index (χ2v) is 7.85. The van der Waals surface area contributed by atoms with Crippen molar-refractivity contribution in [2.24, 2.45) is 5.73 Å². The van der Waals surface area contributed by atoms with Crippen molar-refractivity contribution in [2.75, 3.05) is 0 Å². The molecule has 0 aromatic carbocycles. The SMILES string of the molecule is CCCC(N)C(=N)C=CC(O)(P(=O)(O)O)P(=O)(O)O. The van der Waals surface area contributed by atoms with Crippen molar-refractivity contribution in [3.63, 3.8) is 0 Å². The van der Waals surface area contributed by atoms with Gasteiger partial charge < -0.3 is 35.8 Å². The number of aliphatic hydroxyl groups is 1. The summed E-state index contributed by atoms with van der Waals surface area (Å²) in [4.78, 5) is 35.4. The predicted octanol–water partition coefficient (Wildman–Crippen LogP) is -0.309. The minimum absolute atomic E-state index is 0.229. The van der Waals surface area contributed by atoms with Gasteiger partial charge in [-0.2, -0.15) is 0 Å². The molecular weight excluding hydrogens is 298 g/mol. The zero-order valence-corrected chi connectivity index (χ0v) is 12.0. The fourth-order valence-electron chi connectivity index (χ4n) is 1.16. The van der Waals surface area contributed by atoms with Crippen molar-refractivity contribution in [1.82, 2.24) is 0 Å². The first-order chi connectivity index (χ1) is 8.37. The van der Waals surface area contributed by atoms with Crippen LogP contribution in [0.4, 0.5) is 0 Å². The van der Waals surface area contributed by atoms with Crippen LogP contribution in [0.5, 0.6) is 0 Å². The van der Waals surface area contributed by atoms with Crippen LogP contribution in [0.1, 0.15) is 19.8 Å². The van der Waals surface area contributed by atoms with E-state index in [4.69, 9.17) is 30.7 Å². The third kappa shape index (κ3) is 4.59. The smallest absolute Gasteiger partial charge is 0.364 e. The fraction of sp³-hybridized carbons (Fsp3) is 0.625. The average molecular weight is 316 g/mol. The van der Waals surface area contributed by atoms with Gasteiger partial charge in [0, 0.05) is 11.8 Å². The first-order valence-corrected chi connectivity index (χ1v) is 8.46. The third-order valence-corrected chi connectivity index (χ3v) is 5.92. The molecule has 19 heavy (non-hydrogen) atoms. The maximum Gasteiger partial charge on any atom is 0.373 e.